The van der Waals surface area contributed by atoms with Crippen molar-refractivity contribution in [3.05, 3.63) is 18.3 Å². The minimum Gasteiger partial charge on any atom is -0.504 e. The normalized spacial score (nSPS) is 24.3. The van der Waals surface area contributed by atoms with Gasteiger partial charge in [0.1, 0.15) is 0 Å². The highest BCUT2D eigenvalue weighted by Gasteiger charge is 2.35. The average Bonchev–Trinajstić information content (AvgIpc) is 2.33. The van der Waals surface area contributed by atoms with Gasteiger partial charge in [0.05, 0.1) is 5.41 Å². The number of piperidine rings is 1. The number of nitrogens with zero attached hydrogens (tertiary/aromatic N) is 1. The van der Waals surface area contributed by atoms with Crippen molar-refractivity contribution in [1.82, 2.24) is 10.3 Å². The molecule has 92 valence electrons. The van der Waals surface area contributed by atoms with E-state index in [-0.39, 0.29) is 17.5 Å². The smallest absolute Gasteiger partial charge is 0.232 e. The second-order valence-corrected chi connectivity index (χ2v) is 4.67. The summed E-state index contributed by atoms with van der Waals surface area (Å²) in [5.74, 6) is 0.121. The number of hydrogen-bond donors (Lipinski definition) is 3. The van der Waals surface area contributed by atoms with Crippen LogP contribution in [0, 0.1) is 5.41 Å². The molecule has 1 aromatic heterocycles. The summed E-state index contributed by atoms with van der Waals surface area (Å²) < 4.78 is 0. The van der Waals surface area contributed by atoms with Crippen LogP contribution >= 0.6 is 0 Å². The topological polar surface area (TPSA) is 74.2 Å². The van der Waals surface area contributed by atoms with Gasteiger partial charge in [-0.3, -0.25) is 4.79 Å². The van der Waals surface area contributed by atoms with E-state index in [1.165, 1.54) is 12.3 Å². The fraction of sp³-hybridized carbons (Fsp3) is 0.500. The highest BCUT2D eigenvalue weighted by atomic mass is 16.3. The van der Waals surface area contributed by atoms with E-state index in [1.807, 2.05) is 6.92 Å². The first kappa shape index (κ1) is 11.9. The van der Waals surface area contributed by atoms with Crippen LogP contribution in [0.5, 0.6) is 5.75 Å². The van der Waals surface area contributed by atoms with Crippen molar-refractivity contribution in [3.63, 3.8) is 0 Å². The van der Waals surface area contributed by atoms with E-state index in [0.29, 0.717) is 6.54 Å². The number of pyridine rings is 1. The van der Waals surface area contributed by atoms with Gasteiger partial charge in [-0.1, -0.05) is 0 Å². The number of aromatic hydroxyl groups is 1. The molecular formula is C12H17N3O2. The van der Waals surface area contributed by atoms with E-state index < -0.39 is 5.41 Å². The van der Waals surface area contributed by atoms with Gasteiger partial charge < -0.3 is 15.7 Å². The average molecular weight is 235 g/mol. The summed E-state index contributed by atoms with van der Waals surface area (Å²) in [4.78, 5) is 16.1. The number of anilines is 1. The van der Waals surface area contributed by atoms with E-state index in [2.05, 4.69) is 15.6 Å². The van der Waals surface area contributed by atoms with Gasteiger partial charge in [-0.2, -0.15) is 0 Å². The number of hydrogen-bond acceptors (Lipinski definition) is 4. The number of rotatable bonds is 2. The Hall–Kier alpha value is -1.62. The molecular weight excluding hydrogens is 218 g/mol. The molecule has 1 saturated heterocycles. The van der Waals surface area contributed by atoms with Crippen LogP contribution in [0.2, 0.25) is 0 Å². The molecule has 2 rings (SSSR count). The van der Waals surface area contributed by atoms with Gasteiger partial charge in [-0.25, -0.2) is 4.98 Å². The van der Waals surface area contributed by atoms with Gasteiger partial charge in [0, 0.05) is 12.7 Å². The first-order chi connectivity index (χ1) is 8.12. The maximum atomic E-state index is 12.1. The molecule has 3 N–H and O–H groups in total. The van der Waals surface area contributed by atoms with E-state index in [4.69, 9.17) is 0 Å². The summed E-state index contributed by atoms with van der Waals surface area (Å²) in [6, 6.07) is 3.12. The molecule has 17 heavy (non-hydrogen) atoms. The Balaban J connectivity index is 2.08. The predicted molar refractivity (Wildman–Crippen MR) is 64.7 cm³/mol. The monoisotopic (exact) mass is 235 g/mol. The van der Waals surface area contributed by atoms with Crippen LogP contribution in [0.1, 0.15) is 19.8 Å². The van der Waals surface area contributed by atoms with Crippen LogP contribution in [0.15, 0.2) is 18.3 Å². The summed E-state index contributed by atoms with van der Waals surface area (Å²) in [5, 5.41) is 15.4. The molecule has 0 aromatic carbocycles. The number of aromatic nitrogens is 1. The van der Waals surface area contributed by atoms with Gasteiger partial charge in [-0.05, 0) is 38.4 Å². The fourth-order valence-corrected chi connectivity index (χ4v) is 2.00. The number of carbonyl (C=O) groups excluding carboxylic acids is 1. The third-order valence-electron chi connectivity index (χ3n) is 3.16. The summed E-state index contributed by atoms with van der Waals surface area (Å²) in [7, 11) is 0. The number of nitrogens with one attached hydrogen (secondary N) is 2. The third kappa shape index (κ3) is 2.55. The lowest BCUT2D eigenvalue weighted by atomic mass is 9.82. The molecule has 0 saturated carbocycles. The molecule has 1 aliphatic rings. The van der Waals surface area contributed by atoms with E-state index in [0.717, 1.165) is 19.4 Å². The minimum atomic E-state index is -0.428. The molecule has 0 aliphatic carbocycles. The van der Waals surface area contributed by atoms with Crippen LogP contribution in [-0.4, -0.2) is 29.1 Å². The SMILES string of the molecule is C[C@]1(C(=O)Nc2ncccc2O)CCCNC1. The summed E-state index contributed by atoms with van der Waals surface area (Å²) in [6.07, 6.45) is 3.37. The van der Waals surface area contributed by atoms with Crippen molar-refractivity contribution in [3.8, 4) is 5.75 Å². The van der Waals surface area contributed by atoms with Crippen molar-refractivity contribution < 1.29 is 9.90 Å². The maximum Gasteiger partial charge on any atom is 0.232 e. The van der Waals surface area contributed by atoms with Crippen LogP contribution < -0.4 is 10.6 Å². The molecule has 1 aliphatic heterocycles. The molecule has 0 bridgehead atoms. The van der Waals surface area contributed by atoms with Crippen molar-refractivity contribution in [1.29, 1.82) is 0 Å². The van der Waals surface area contributed by atoms with Gasteiger partial charge in [-0.15, -0.1) is 0 Å². The summed E-state index contributed by atoms with van der Waals surface area (Å²) in [6.45, 7) is 3.54. The fourth-order valence-electron chi connectivity index (χ4n) is 2.00. The Bertz CT molecular complexity index is 414. The molecule has 2 heterocycles. The summed E-state index contributed by atoms with van der Waals surface area (Å²) >= 11 is 0. The lowest BCUT2D eigenvalue weighted by molar-refractivity contribution is -0.125. The van der Waals surface area contributed by atoms with Gasteiger partial charge in [0.15, 0.2) is 11.6 Å². The molecule has 1 atom stereocenters. The van der Waals surface area contributed by atoms with Crippen LogP contribution in [0.4, 0.5) is 5.82 Å². The number of amides is 1. The van der Waals surface area contributed by atoms with Crippen molar-refractivity contribution in [2.75, 3.05) is 18.4 Å². The zero-order valence-electron chi connectivity index (χ0n) is 9.86. The number of carbonyl (C=O) groups is 1. The van der Waals surface area contributed by atoms with E-state index in [1.54, 1.807) is 6.07 Å². The molecule has 1 aromatic rings. The van der Waals surface area contributed by atoms with Gasteiger partial charge in [0.25, 0.3) is 0 Å². The van der Waals surface area contributed by atoms with Gasteiger partial charge in [0.2, 0.25) is 5.91 Å². The van der Waals surface area contributed by atoms with Crippen molar-refractivity contribution in [2.45, 2.75) is 19.8 Å². The molecule has 1 fully saturated rings. The lowest BCUT2D eigenvalue weighted by Crippen LogP contribution is -2.46. The zero-order valence-corrected chi connectivity index (χ0v) is 9.86. The van der Waals surface area contributed by atoms with E-state index >= 15 is 0 Å². The largest absolute Gasteiger partial charge is 0.504 e. The van der Waals surface area contributed by atoms with E-state index in [9.17, 15) is 9.90 Å². The maximum absolute atomic E-state index is 12.1. The second-order valence-electron chi connectivity index (χ2n) is 4.67. The lowest BCUT2D eigenvalue weighted by Gasteiger charge is -2.32. The van der Waals surface area contributed by atoms with Crippen molar-refractivity contribution in [2.24, 2.45) is 5.41 Å². The quantitative estimate of drug-likeness (QED) is 0.718. The Kier molecular flexibility index (Phi) is 3.28. The van der Waals surface area contributed by atoms with Crippen LogP contribution in [-0.2, 0) is 4.79 Å². The first-order valence-corrected chi connectivity index (χ1v) is 5.78. The molecule has 1 amide bonds. The highest BCUT2D eigenvalue weighted by Crippen LogP contribution is 2.28. The Morgan fingerprint density at radius 1 is 1.65 bits per heavy atom. The second kappa shape index (κ2) is 4.71. The predicted octanol–water partition coefficient (Wildman–Crippen LogP) is 1.12. The zero-order chi connectivity index (χ0) is 12.3. The molecule has 0 unspecified atom stereocenters. The standard InChI is InChI=1S/C12H17N3O2/c1-12(5-3-6-13-8-12)11(17)15-10-9(16)4-2-7-14-10/h2,4,7,13,16H,3,5-6,8H2,1H3,(H,14,15,17)/t12-/m0/s1. The molecule has 5 heteroatoms. The van der Waals surface area contributed by atoms with Crippen molar-refractivity contribution >= 4 is 11.7 Å². The third-order valence-corrected chi connectivity index (χ3v) is 3.16. The highest BCUT2D eigenvalue weighted by molar-refractivity contribution is 5.95. The van der Waals surface area contributed by atoms with Crippen LogP contribution in [0.25, 0.3) is 0 Å². The minimum absolute atomic E-state index is 0.00628. The molecule has 0 spiro atoms. The van der Waals surface area contributed by atoms with Gasteiger partial charge >= 0.3 is 0 Å². The Labute approximate surface area is 100 Å². The Morgan fingerprint density at radius 3 is 3.12 bits per heavy atom. The first-order valence-electron chi connectivity index (χ1n) is 5.78. The molecule has 5 nitrogen and oxygen atoms in total. The van der Waals surface area contributed by atoms with Crippen LogP contribution in [0.3, 0.4) is 0 Å². The summed E-state index contributed by atoms with van der Waals surface area (Å²) in [5.41, 5.74) is -0.428. The Morgan fingerprint density at radius 2 is 2.47 bits per heavy atom. The molecule has 0 radical (unpaired) electrons.